The van der Waals surface area contributed by atoms with E-state index in [9.17, 15) is 21.6 Å². The molecule has 0 unspecified atom stereocenters. The van der Waals surface area contributed by atoms with Crippen molar-refractivity contribution < 1.29 is 26.3 Å². The fraction of sp³-hybridized carbons (Fsp3) is 0.455. The van der Waals surface area contributed by atoms with Crippen LogP contribution in [0.3, 0.4) is 0 Å². The van der Waals surface area contributed by atoms with Crippen LogP contribution < -0.4 is 4.72 Å². The van der Waals surface area contributed by atoms with Crippen LogP contribution in [0, 0.1) is 5.82 Å². The van der Waals surface area contributed by atoms with Crippen molar-refractivity contribution in [2.45, 2.75) is 6.43 Å². The molecule has 0 atom stereocenters. The topological polar surface area (TPSA) is 58.6 Å². The van der Waals surface area contributed by atoms with Crippen LogP contribution in [0.25, 0.3) is 0 Å². The van der Waals surface area contributed by atoms with Gasteiger partial charge < -0.3 is 4.74 Å². The Kier molecular flexibility index (Phi) is 5.78. The minimum atomic E-state index is -4.03. The number of anilines is 1. The first kappa shape index (κ1) is 16.7. The Hall–Kier alpha value is -1.32. The Morgan fingerprint density at radius 3 is 2.60 bits per heavy atom. The van der Waals surface area contributed by atoms with Gasteiger partial charge in [-0.15, -0.1) is 0 Å². The Morgan fingerprint density at radius 2 is 2.05 bits per heavy atom. The van der Waals surface area contributed by atoms with E-state index >= 15 is 0 Å². The summed E-state index contributed by atoms with van der Waals surface area (Å²) in [5.41, 5.74) is -0.990. The van der Waals surface area contributed by atoms with Gasteiger partial charge in [0.05, 0.1) is 12.3 Å². The molecule has 0 bridgehead atoms. The van der Waals surface area contributed by atoms with Crippen LogP contribution in [0.1, 0.15) is 12.0 Å². The summed E-state index contributed by atoms with van der Waals surface area (Å²) in [5, 5.41) is 0. The molecule has 0 aliphatic carbocycles. The molecule has 0 aromatic heterocycles. The normalized spacial score (nSPS) is 12.2. The zero-order chi connectivity index (χ0) is 15.3. The van der Waals surface area contributed by atoms with Crippen LogP contribution >= 0.6 is 0 Å². The van der Waals surface area contributed by atoms with Crippen LogP contribution in [0.5, 0.6) is 0 Å². The molecule has 5 nitrogen and oxygen atoms in total. The first-order valence-corrected chi connectivity index (χ1v) is 7.02. The molecule has 0 amide bonds. The van der Waals surface area contributed by atoms with Gasteiger partial charge in [-0.1, -0.05) is 6.07 Å². The van der Waals surface area contributed by atoms with Gasteiger partial charge >= 0.3 is 10.2 Å². The number of nitrogens with one attached hydrogen (secondary N) is 1. The van der Waals surface area contributed by atoms with E-state index in [0.29, 0.717) is 0 Å². The largest absolute Gasteiger partial charge is 0.383 e. The first-order valence-electron chi connectivity index (χ1n) is 5.58. The number of nitrogens with zero attached hydrogens (tertiary/aromatic N) is 1. The maximum absolute atomic E-state index is 13.5. The van der Waals surface area contributed by atoms with Crippen LogP contribution in [-0.4, -0.2) is 40.0 Å². The summed E-state index contributed by atoms with van der Waals surface area (Å²) in [4.78, 5) is 0. The molecule has 0 aliphatic heterocycles. The highest BCUT2D eigenvalue weighted by atomic mass is 32.2. The molecule has 0 saturated heterocycles. The van der Waals surface area contributed by atoms with Gasteiger partial charge in [-0.2, -0.15) is 12.7 Å². The summed E-state index contributed by atoms with van der Waals surface area (Å²) >= 11 is 0. The molecule has 0 heterocycles. The van der Waals surface area contributed by atoms with E-state index in [1.165, 1.54) is 14.2 Å². The van der Waals surface area contributed by atoms with E-state index < -0.39 is 33.7 Å². The summed E-state index contributed by atoms with van der Waals surface area (Å²) in [6.45, 7) is 0.193. The average Bonchev–Trinajstić information content (AvgIpc) is 2.37. The minimum Gasteiger partial charge on any atom is -0.383 e. The minimum absolute atomic E-state index is 0.0436. The number of benzene rings is 1. The number of hydrogen-bond acceptors (Lipinski definition) is 3. The second-order valence-corrected chi connectivity index (χ2v) is 5.74. The predicted octanol–water partition coefficient (Wildman–Crippen LogP) is 2.00. The zero-order valence-corrected chi connectivity index (χ0v) is 11.8. The number of alkyl halides is 2. The number of halogens is 3. The van der Waals surface area contributed by atoms with Gasteiger partial charge in [-0.3, -0.25) is 4.72 Å². The zero-order valence-electron chi connectivity index (χ0n) is 10.9. The molecule has 0 fully saturated rings. The lowest BCUT2D eigenvalue weighted by atomic mass is 10.2. The van der Waals surface area contributed by atoms with E-state index in [4.69, 9.17) is 4.74 Å². The number of rotatable bonds is 7. The van der Waals surface area contributed by atoms with Crippen LogP contribution in [0.2, 0.25) is 0 Å². The lowest BCUT2D eigenvalue weighted by molar-refractivity contribution is 0.151. The summed E-state index contributed by atoms with van der Waals surface area (Å²) in [5.74, 6) is -0.932. The summed E-state index contributed by atoms with van der Waals surface area (Å²) in [6.07, 6.45) is -2.81. The molecule has 1 aromatic carbocycles. The number of ether oxygens (including phenoxy) is 1. The van der Waals surface area contributed by atoms with Gasteiger partial charge in [0.15, 0.2) is 0 Å². The van der Waals surface area contributed by atoms with Crippen LogP contribution in [-0.2, 0) is 14.9 Å². The Morgan fingerprint density at radius 1 is 1.40 bits per heavy atom. The van der Waals surface area contributed by atoms with E-state index in [0.717, 1.165) is 22.5 Å². The van der Waals surface area contributed by atoms with Crippen molar-refractivity contribution in [3.63, 3.8) is 0 Å². The number of methoxy groups -OCH3 is 1. The molecule has 1 rings (SSSR count). The molecular formula is C11H15F3N2O3S. The lowest BCUT2D eigenvalue weighted by Gasteiger charge is -2.18. The monoisotopic (exact) mass is 312 g/mol. The van der Waals surface area contributed by atoms with Crippen molar-refractivity contribution in [3.8, 4) is 0 Å². The van der Waals surface area contributed by atoms with Crippen molar-refractivity contribution in [1.29, 1.82) is 0 Å². The second-order valence-electron chi connectivity index (χ2n) is 3.96. The summed E-state index contributed by atoms with van der Waals surface area (Å²) < 4.78 is 69.7. The summed E-state index contributed by atoms with van der Waals surface area (Å²) in [7, 11) is -1.37. The lowest BCUT2D eigenvalue weighted by Crippen LogP contribution is -2.35. The molecule has 9 heteroatoms. The first-order chi connectivity index (χ1) is 9.27. The predicted molar refractivity (Wildman–Crippen MR) is 68.4 cm³/mol. The summed E-state index contributed by atoms with van der Waals surface area (Å²) in [6, 6.07) is 2.45. The van der Waals surface area contributed by atoms with Gasteiger partial charge in [-0.05, 0) is 12.1 Å². The standard InChI is InChI=1S/C11H15F3N2O3S/c1-16(5-6-19-2)20(17,18)15-10-7-8(11(13)14)3-4-9(10)12/h3-4,7,11,15H,5-6H2,1-2H3. The third kappa shape index (κ3) is 4.36. The Labute approximate surface area is 115 Å². The molecule has 1 aromatic rings. The van der Waals surface area contributed by atoms with Crippen molar-refractivity contribution in [2.75, 3.05) is 32.0 Å². The van der Waals surface area contributed by atoms with Crippen molar-refractivity contribution in [3.05, 3.63) is 29.6 Å². The van der Waals surface area contributed by atoms with Crippen LogP contribution in [0.15, 0.2) is 18.2 Å². The maximum Gasteiger partial charge on any atom is 0.301 e. The average molecular weight is 312 g/mol. The number of hydrogen-bond donors (Lipinski definition) is 1. The molecule has 0 saturated carbocycles. The fourth-order valence-electron chi connectivity index (χ4n) is 1.31. The molecule has 0 spiro atoms. The third-order valence-corrected chi connectivity index (χ3v) is 3.98. The van der Waals surface area contributed by atoms with Crippen LogP contribution in [0.4, 0.5) is 18.9 Å². The van der Waals surface area contributed by atoms with Gasteiger partial charge in [0, 0.05) is 26.3 Å². The highest BCUT2D eigenvalue weighted by Gasteiger charge is 2.20. The van der Waals surface area contributed by atoms with E-state index in [2.05, 4.69) is 0 Å². The van der Waals surface area contributed by atoms with Crippen molar-refractivity contribution >= 4 is 15.9 Å². The molecule has 114 valence electrons. The smallest absolute Gasteiger partial charge is 0.301 e. The van der Waals surface area contributed by atoms with Crippen molar-refractivity contribution in [1.82, 2.24) is 4.31 Å². The highest BCUT2D eigenvalue weighted by Crippen LogP contribution is 2.25. The van der Waals surface area contributed by atoms with E-state index in [-0.39, 0.29) is 13.2 Å². The van der Waals surface area contributed by atoms with Gasteiger partial charge in [0.2, 0.25) is 0 Å². The van der Waals surface area contributed by atoms with Crippen molar-refractivity contribution in [2.24, 2.45) is 0 Å². The van der Waals surface area contributed by atoms with Gasteiger partial charge in [-0.25, -0.2) is 13.2 Å². The molecule has 20 heavy (non-hydrogen) atoms. The molecule has 0 aliphatic rings. The Balaban J connectivity index is 2.94. The molecule has 1 N–H and O–H groups in total. The van der Waals surface area contributed by atoms with Gasteiger partial charge in [0.25, 0.3) is 6.43 Å². The molecular weight excluding hydrogens is 297 g/mol. The molecule has 0 radical (unpaired) electrons. The second kappa shape index (κ2) is 6.91. The number of likely N-dealkylation sites (N-methyl/N-ethyl adjacent to an activating group) is 1. The fourth-order valence-corrected chi connectivity index (χ4v) is 2.22. The van der Waals surface area contributed by atoms with E-state index in [1.54, 1.807) is 0 Å². The quantitative estimate of drug-likeness (QED) is 0.838. The maximum atomic E-state index is 13.5. The Bertz CT molecular complexity index is 552. The third-order valence-electron chi connectivity index (χ3n) is 2.50. The van der Waals surface area contributed by atoms with Gasteiger partial charge in [0.1, 0.15) is 5.82 Å². The SMILES string of the molecule is COCCN(C)S(=O)(=O)Nc1cc(C(F)F)ccc1F. The highest BCUT2D eigenvalue weighted by molar-refractivity contribution is 7.90. The van der Waals surface area contributed by atoms with E-state index in [1.807, 2.05) is 4.72 Å².